The Morgan fingerprint density at radius 2 is 1.95 bits per heavy atom. The molecule has 0 aliphatic heterocycles. The largest absolute Gasteiger partial charge is 0.398 e. The predicted octanol–water partition coefficient (Wildman–Crippen LogP) is 2.02. The average molecular weight is 279 g/mol. The molecule has 0 bridgehead atoms. The monoisotopic (exact) mass is 279 g/mol. The summed E-state index contributed by atoms with van der Waals surface area (Å²) in [5, 5.41) is 4.25. The van der Waals surface area contributed by atoms with E-state index in [9.17, 15) is 8.42 Å². The third kappa shape index (κ3) is 2.96. The molecule has 0 unspecified atom stereocenters. The molecule has 0 aliphatic carbocycles. The van der Waals surface area contributed by atoms with Crippen LogP contribution in [0.2, 0.25) is 0 Å². The lowest BCUT2D eigenvalue weighted by Crippen LogP contribution is -2.09. The number of sulfone groups is 1. The van der Waals surface area contributed by atoms with Crippen LogP contribution in [0.15, 0.2) is 41.4 Å². The number of nitrogens with zero attached hydrogens (tertiary/aromatic N) is 2. The van der Waals surface area contributed by atoms with Crippen molar-refractivity contribution in [1.82, 2.24) is 9.78 Å². The Morgan fingerprint density at radius 3 is 2.53 bits per heavy atom. The SMILES string of the molecule is CC(C)n1ccc(CS(=O)(=O)c2ccccc2N)n1. The third-order valence-electron chi connectivity index (χ3n) is 2.78. The molecule has 2 aromatic rings. The topological polar surface area (TPSA) is 78.0 Å². The van der Waals surface area contributed by atoms with Gasteiger partial charge in [0.1, 0.15) is 0 Å². The van der Waals surface area contributed by atoms with Crippen molar-refractivity contribution in [2.75, 3.05) is 5.73 Å². The number of rotatable bonds is 4. The Kier molecular flexibility index (Phi) is 3.61. The first-order chi connectivity index (χ1) is 8.90. The van der Waals surface area contributed by atoms with E-state index in [4.69, 9.17) is 5.73 Å². The van der Waals surface area contributed by atoms with Crippen molar-refractivity contribution in [3.63, 3.8) is 0 Å². The van der Waals surface area contributed by atoms with Gasteiger partial charge in [0.25, 0.3) is 0 Å². The molecule has 2 N–H and O–H groups in total. The summed E-state index contributed by atoms with van der Waals surface area (Å²) in [5.41, 5.74) is 6.50. The van der Waals surface area contributed by atoms with Crippen LogP contribution in [0.1, 0.15) is 25.6 Å². The zero-order valence-corrected chi connectivity index (χ0v) is 11.8. The minimum absolute atomic E-state index is 0.138. The van der Waals surface area contributed by atoms with Crippen molar-refractivity contribution in [3.05, 3.63) is 42.2 Å². The maximum Gasteiger partial charge on any atom is 0.186 e. The highest BCUT2D eigenvalue weighted by atomic mass is 32.2. The van der Waals surface area contributed by atoms with Crippen molar-refractivity contribution in [3.8, 4) is 0 Å². The van der Waals surface area contributed by atoms with Crippen molar-refractivity contribution in [2.24, 2.45) is 0 Å². The fourth-order valence-corrected chi connectivity index (χ4v) is 3.19. The first kappa shape index (κ1) is 13.6. The first-order valence-electron chi connectivity index (χ1n) is 6.01. The molecular weight excluding hydrogens is 262 g/mol. The van der Waals surface area contributed by atoms with Gasteiger partial charge < -0.3 is 5.73 Å². The van der Waals surface area contributed by atoms with Crippen LogP contribution >= 0.6 is 0 Å². The van der Waals surface area contributed by atoms with Crippen molar-refractivity contribution in [1.29, 1.82) is 0 Å². The van der Waals surface area contributed by atoms with Crippen LogP contribution in [-0.2, 0) is 15.6 Å². The summed E-state index contributed by atoms with van der Waals surface area (Å²) in [4.78, 5) is 0.161. The number of hydrogen-bond donors (Lipinski definition) is 1. The maximum atomic E-state index is 12.3. The number of anilines is 1. The van der Waals surface area contributed by atoms with Gasteiger partial charge in [-0.05, 0) is 32.0 Å². The summed E-state index contributed by atoms with van der Waals surface area (Å²) in [6.07, 6.45) is 1.78. The van der Waals surface area contributed by atoms with E-state index in [0.29, 0.717) is 5.69 Å². The van der Waals surface area contributed by atoms with E-state index in [0.717, 1.165) is 0 Å². The molecule has 0 fully saturated rings. The van der Waals surface area contributed by atoms with Gasteiger partial charge in [0.05, 0.1) is 22.0 Å². The van der Waals surface area contributed by atoms with Crippen LogP contribution in [0.3, 0.4) is 0 Å². The maximum absolute atomic E-state index is 12.3. The van der Waals surface area contributed by atoms with Crippen molar-refractivity contribution < 1.29 is 8.42 Å². The van der Waals surface area contributed by atoms with Crippen molar-refractivity contribution in [2.45, 2.75) is 30.5 Å². The lowest BCUT2D eigenvalue weighted by atomic mass is 10.3. The van der Waals surface area contributed by atoms with Crippen LogP contribution in [0.25, 0.3) is 0 Å². The molecule has 5 nitrogen and oxygen atoms in total. The number of nitrogen functional groups attached to an aromatic ring is 1. The summed E-state index contributed by atoms with van der Waals surface area (Å²) in [5.74, 6) is -0.138. The molecule has 0 amide bonds. The standard InChI is InChI=1S/C13H17N3O2S/c1-10(2)16-8-7-11(15-16)9-19(17,18)13-6-4-3-5-12(13)14/h3-8,10H,9,14H2,1-2H3. The van der Waals surface area contributed by atoms with Crippen LogP contribution in [-0.4, -0.2) is 18.2 Å². The Labute approximate surface area is 113 Å². The Morgan fingerprint density at radius 1 is 1.26 bits per heavy atom. The molecule has 1 aromatic carbocycles. The Bertz CT molecular complexity index is 675. The molecule has 0 atom stereocenters. The van der Waals surface area contributed by atoms with E-state index in [2.05, 4.69) is 5.10 Å². The van der Waals surface area contributed by atoms with E-state index in [1.165, 1.54) is 6.07 Å². The Balaban J connectivity index is 2.29. The molecule has 0 radical (unpaired) electrons. The smallest absolute Gasteiger partial charge is 0.186 e. The minimum atomic E-state index is -3.46. The highest BCUT2D eigenvalue weighted by Crippen LogP contribution is 2.21. The number of para-hydroxylation sites is 1. The number of benzene rings is 1. The molecule has 0 aliphatic rings. The number of aromatic nitrogens is 2. The van der Waals surface area contributed by atoms with E-state index in [1.54, 1.807) is 35.1 Å². The lowest BCUT2D eigenvalue weighted by molar-refractivity contribution is 0.527. The van der Waals surface area contributed by atoms with Gasteiger partial charge in [-0.2, -0.15) is 5.10 Å². The second kappa shape index (κ2) is 5.05. The van der Waals surface area contributed by atoms with Gasteiger partial charge in [0.15, 0.2) is 9.84 Å². The number of nitrogens with two attached hydrogens (primary N) is 1. The molecule has 0 saturated carbocycles. The van der Waals surface area contributed by atoms with Crippen LogP contribution in [0, 0.1) is 0 Å². The highest BCUT2D eigenvalue weighted by Gasteiger charge is 2.19. The molecule has 6 heteroatoms. The lowest BCUT2D eigenvalue weighted by Gasteiger charge is -2.06. The average Bonchev–Trinajstić information content (AvgIpc) is 2.77. The quantitative estimate of drug-likeness (QED) is 0.868. The molecule has 1 aromatic heterocycles. The van der Waals surface area contributed by atoms with Crippen LogP contribution in [0.5, 0.6) is 0 Å². The molecule has 102 valence electrons. The molecular formula is C13H17N3O2S. The van der Waals surface area contributed by atoms with Gasteiger partial charge in [-0.15, -0.1) is 0 Å². The molecule has 1 heterocycles. The van der Waals surface area contributed by atoms with Gasteiger partial charge in [0.2, 0.25) is 0 Å². The van der Waals surface area contributed by atoms with E-state index < -0.39 is 9.84 Å². The van der Waals surface area contributed by atoms with E-state index in [-0.39, 0.29) is 22.4 Å². The highest BCUT2D eigenvalue weighted by molar-refractivity contribution is 7.90. The van der Waals surface area contributed by atoms with Gasteiger partial charge in [0, 0.05) is 12.2 Å². The molecule has 19 heavy (non-hydrogen) atoms. The Hall–Kier alpha value is -1.82. The fourth-order valence-electron chi connectivity index (χ4n) is 1.78. The van der Waals surface area contributed by atoms with Gasteiger partial charge in [-0.1, -0.05) is 12.1 Å². The summed E-state index contributed by atoms with van der Waals surface area (Å²) < 4.78 is 26.3. The summed E-state index contributed by atoms with van der Waals surface area (Å²) in [6.45, 7) is 3.97. The third-order valence-corrected chi connectivity index (χ3v) is 4.50. The van der Waals surface area contributed by atoms with Crippen LogP contribution < -0.4 is 5.73 Å². The summed E-state index contributed by atoms with van der Waals surface area (Å²) in [6, 6.07) is 8.40. The normalized spacial score (nSPS) is 11.9. The second-order valence-corrected chi connectivity index (χ2v) is 6.64. The second-order valence-electron chi connectivity index (χ2n) is 4.68. The van der Waals surface area contributed by atoms with Crippen molar-refractivity contribution >= 4 is 15.5 Å². The van der Waals surface area contributed by atoms with Gasteiger partial charge >= 0.3 is 0 Å². The van der Waals surface area contributed by atoms with E-state index >= 15 is 0 Å². The minimum Gasteiger partial charge on any atom is -0.398 e. The molecule has 2 rings (SSSR count). The number of hydrogen-bond acceptors (Lipinski definition) is 4. The first-order valence-corrected chi connectivity index (χ1v) is 7.66. The molecule has 0 saturated heterocycles. The van der Waals surface area contributed by atoms with E-state index in [1.807, 2.05) is 13.8 Å². The fraction of sp³-hybridized carbons (Fsp3) is 0.308. The molecule has 0 spiro atoms. The van der Waals surface area contributed by atoms with Gasteiger partial charge in [-0.25, -0.2) is 8.42 Å². The zero-order valence-electron chi connectivity index (χ0n) is 10.9. The summed E-state index contributed by atoms with van der Waals surface area (Å²) in [7, 11) is -3.46. The predicted molar refractivity (Wildman–Crippen MR) is 74.4 cm³/mol. The summed E-state index contributed by atoms with van der Waals surface area (Å²) >= 11 is 0. The van der Waals surface area contributed by atoms with Crippen LogP contribution in [0.4, 0.5) is 5.69 Å². The van der Waals surface area contributed by atoms with Gasteiger partial charge in [-0.3, -0.25) is 4.68 Å². The zero-order chi connectivity index (χ0) is 14.0.